The monoisotopic (exact) mass is 455 g/mol. The molecule has 2 aromatic rings. The van der Waals surface area contributed by atoms with Gasteiger partial charge in [0.25, 0.3) is 0 Å². The van der Waals surface area contributed by atoms with Crippen LogP contribution in [0.25, 0.3) is 0 Å². The van der Waals surface area contributed by atoms with Crippen molar-refractivity contribution in [2.75, 3.05) is 34.9 Å². The number of ether oxygens (including phenoxy) is 2. The summed E-state index contributed by atoms with van der Waals surface area (Å²) in [5.74, 6) is 1.62. The van der Waals surface area contributed by atoms with Crippen molar-refractivity contribution in [3.05, 3.63) is 53.1 Å². The summed E-state index contributed by atoms with van der Waals surface area (Å²) in [5, 5.41) is 11.4. The zero-order valence-electron chi connectivity index (χ0n) is 15.2. The Kier molecular flexibility index (Phi) is 6.21. The molecule has 2 aromatic carbocycles. The van der Waals surface area contributed by atoms with Gasteiger partial charge in [0.15, 0.2) is 11.5 Å². The van der Waals surface area contributed by atoms with Crippen LogP contribution in [-0.4, -0.2) is 39.3 Å². The molecule has 1 heterocycles. The Bertz CT molecular complexity index is 728. The van der Waals surface area contributed by atoms with Gasteiger partial charge in [0.1, 0.15) is 6.04 Å². The normalized spacial score (nSPS) is 18.0. The number of rotatable bonds is 4. The Morgan fingerprint density at radius 2 is 1.64 bits per heavy atom. The predicted octanol–water partition coefficient (Wildman–Crippen LogP) is 3.31. The third-order valence-corrected chi connectivity index (χ3v) is 5.16. The van der Waals surface area contributed by atoms with E-state index in [9.17, 15) is 5.11 Å². The lowest BCUT2D eigenvalue weighted by Crippen LogP contribution is -2.48. The second-order valence-corrected chi connectivity index (χ2v) is 7.02. The molecule has 3 rings (SSSR count). The Hall–Kier alpha value is -1.47. The molecule has 0 saturated carbocycles. The minimum absolute atomic E-state index is 0. The first kappa shape index (κ1) is 19.8. The Morgan fingerprint density at radius 1 is 1.04 bits per heavy atom. The van der Waals surface area contributed by atoms with Crippen molar-refractivity contribution in [2.24, 2.45) is 0 Å². The van der Waals surface area contributed by atoms with Gasteiger partial charge in [-0.1, -0.05) is 24.3 Å². The van der Waals surface area contributed by atoms with E-state index >= 15 is 0 Å². The largest absolute Gasteiger partial charge is 0.872 e. The summed E-state index contributed by atoms with van der Waals surface area (Å²) in [6.45, 7) is 1.08. The van der Waals surface area contributed by atoms with E-state index in [0.29, 0.717) is 6.04 Å². The molecule has 0 spiro atoms. The maximum Gasteiger partial charge on any atom is 0.161 e. The van der Waals surface area contributed by atoms with Crippen molar-refractivity contribution in [1.29, 1.82) is 0 Å². The molecule has 0 saturated heterocycles. The molecule has 1 atom stereocenters. The number of likely N-dealkylation sites (N-methyl/N-ethyl adjacent to an activating group) is 1. The number of fused-ring (bicyclic) bond motifs is 1. The first-order chi connectivity index (χ1) is 11.4. The molecule has 1 aliphatic heterocycles. The van der Waals surface area contributed by atoms with Crippen LogP contribution in [0.4, 0.5) is 0 Å². The van der Waals surface area contributed by atoms with E-state index in [2.05, 4.69) is 26.2 Å². The topological polar surface area (TPSA) is 41.5 Å². The van der Waals surface area contributed by atoms with Crippen LogP contribution in [0.3, 0.4) is 0 Å². The number of quaternary nitrogens is 1. The molecule has 1 unspecified atom stereocenters. The van der Waals surface area contributed by atoms with E-state index in [1.807, 2.05) is 12.1 Å². The van der Waals surface area contributed by atoms with E-state index in [1.165, 1.54) is 16.7 Å². The molecular weight excluding hydrogens is 429 g/mol. The average molecular weight is 455 g/mol. The molecule has 0 aromatic heterocycles. The third-order valence-electron chi connectivity index (χ3n) is 5.16. The van der Waals surface area contributed by atoms with Crippen molar-refractivity contribution >= 4 is 24.0 Å². The smallest absolute Gasteiger partial charge is 0.161 e. The standard InChI is InChI=1S/C20H25NO3.HI/c1-21(2)10-9-15-12-19(23-3)20(24-4)13-17(15)18(21)11-14-5-7-16(22)8-6-14;/h5-8,12-13,18H,9-11H2,1-4H3;1H. The van der Waals surface area contributed by atoms with Gasteiger partial charge in [-0.25, -0.2) is 0 Å². The Balaban J connectivity index is 0.00000225. The summed E-state index contributed by atoms with van der Waals surface area (Å²) in [4.78, 5) is 0. The number of methoxy groups -OCH3 is 2. The summed E-state index contributed by atoms with van der Waals surface area (Å²) in [5.41, 5.74) is 3.83. The van der Waals surface area contributed by atoms with E-state index in [1.54, 1.807) is 26.4 Å². The summed E-state index contributed by atoms with van der Waals surface area (Å²) in [6, 6.07) is 11.7. The maximum atomic E-state index is 11.4. The van der Waals surface area contributed by atoms with E-state index in [0.717, 1.165) is 35.4 Å². The number of hydrogen-bond donors (Lipinski definition) is 0. The first-order valence-corrected chi connectivity index (χ1v) is 8.28. The number of hydrogen-bond acceptors (Lipinski definition) is 3. The molecule has 0 aliphatic carbocycles. The molecule has 0 fully saturated rings. The highest BCUT2D eigenvalue weighted by Crippen LogP contribution is 2.41. The zero-order valence-corrected chi connectivity index (χ0v) is 17.6. The molecular formula is C20H26INO3. The Morgan fingerprint density at radius 3 is 2.24 bits per heavy atom. The van der Waals surface area contributed by atoms with Crippen LogP contribution in [0.2, 0.25) is 0 Å². The molecule has 4 nitrogen and oxygen atoms in total. The van der Waals surface area contributed by atoms with Crippen LogP contribution >= 0.6 is 24.0 Å². The third kappa shape index (κ3) is 4.03. The lowest BCUT2D eigenvalue weighted by molar-refractivity contribution is -0.923. The van der Waals surface area contributed by atoms with Crippen LogP contribution in [0.1, 0.15) is 22.7 Å². The highest BCUT2D eigenvalue weighted by Gasteiger charge is 2.36. The summed E-state index contributed by atoms with van der Waals surface area (Å²) in [7, 11) is 7.89. The number of halogens is 1. The second-order valence-electron chi connectivity index (χ2n) is 7.02. The summed E-state index contributed by atoms with van der Waals surface area (Å²) >= 11 is 0. The van der Waals surface area contributed by atoms with Gasteiger partial charge in [0.05, 0.1) is 34.9 Å². The second kappa shape index (κ2) is 7.83. The van der Waals surface area contributed by atoms with Crippen LogP contribution in [0.15, 0.2) is 36.4 Å². The molecule has 0 N–H and O–H groups in total. The van der Waals surface area contributed by atoms with Gasteiger partial charge < -0.3 is 19.1 Å². The lowest BCUT2D eigenvalue weighted by atomic mass is 9.87. The molecule has 136 valence electrons. The lowest BCUT2D eigenvalue weighted by Gasteiger charge is -2.43. The summed E-state index contributed by atoms with van der Waals surface area (Å²) in [6.07, 6.45) is 1.93. The molecule has 0 bridgehead atoms. The van der Waals surface area contributed by atoms with Crippen molar-refractivity contribution in [3.63, 3.8) is 0 Å². The molecule has 0 amide bonds. The number of benzene rings is 2. The van der Waals surface area contributed by atoms with Gasteiger partial charge >= 0.3 is 0 Å². The first-order valence-electron chi connectivity index (χ1n) is 8.28. The van der Waals surface area contributed by atoms with Gasteiger partial charge in [-0.05, 0) is 23.3 Å². The maximum absolute atomic E-state index is 11.4. The quantitative estimate of drug-likeness (QED) is 0.525. The fourth-order valence-corrected chi connectivity index (χ4v) is 3.61. The van der Waals surface area contributed by atoms with E-state index in [4.69, 9.17) is 9.47 Å². The van der Waals surface area contributed by atoms with E-state index in [-0.39, 0.29) is 29.7 Å². The van der Waals surface area contributed by atoms with Gasteiger partial charge in [0, 0.05) is 18.4 Å². The molecule has 1 aliphatic rings. The minimum atomic E-state index is 0. The molecule has 5 heteroatoms. The van der Waals surface area contributed by atoms with E-state index < -0.39 is 0 Å². The zero-order chi connectivity index (χ0) is 17.3. The fraction of sp³-hybridized carbons (Fsp3) is 0.400. The highest BCUT2D eigenvalue weighted by atomic mass is 127. The molecule has 0 radical (unpaired) electrons. The van der Waals surface area contributed by atoms with Gasteiger partial charge in [-0.3, -0.25) is 0 Å². The van der Waals surface area contributed by atoms with Gasteiger partial charge in [0.2, 0.25) is 0 Å². The van der Waals surface area contributed by atoms with Crippen molar-refractivity contribution in [2.45, 2.75) is 18.9 Å². The predicted molar refractivity (Wildman–Crippen MR) is 108 cm³/mol. The van der Waals surface area contributed by atoms with Crippen LogP contribution in [-0.2, 0) is 12.8 Å². The average Bonchev–Trinajstić information content (AvgIpc) is 2.58. The Labute approximate surface area is 167 Å². The molecule has 25 heavy (non-hydrogen) atoms. The highest BCUT2D eigenvalue weighted by molar-refractivity contribution is 14.0. The fourth-order valence-electron chi connectivity index (χ4n) is 3.61. The van der Waals surface area contributed by atoms with Crippen LogP contribution < -0.4 is 14.6 Å². The van der Waals surface area contributed by atoms with Crippen LogP contribution in [0.5, 0.6) is 17.2 Å². The number of nitrogens with zero attached hydrogens (tertiary/aromatic N) is 1. The SMILES string of the molecule is COc1cc2c(cc1OC)C(Cc1ccc([O-])cc1)[N+](C)(C)CC2.I. The van der Waals surface area contributed by atoms with Crippen LogP contribution in [0, 0.1) is 0 Å². The van der Waals surface area contributed by atoms with Crippen molar-refractivity contribution in [1.82, 2.24) is 0 Å². The summed E-state index contributed by atoms with van der Waals surface area (Å²) < 4.78 is 11.9. The van der Waals surface area contributed by atoms with Crippen molar-refractivity contribution < 1.29 is 19.1 Å². The minimum Gasteiger partial charge on any atom is -0.872 e. The van der Waals surface area contributed by atoms with Crippen molar-refractivity contribution in [3.8, 4) is 17.2 Å². The van der Waals surface area contributed by atoms with Gasteiger partial charge in [-0.15, -0.1) is 29.7 Å². The van der Waals surface area contributed by atoms with Gasteiger partial charge in [-0.2, -0.15) is 0 Å².